The molecule has 18 heavy (non-hydrogen) atoms. The van der Waals surface area contributed by atoms with E-state index in [1.807, 2.05) is 13.8 Å². The van der Waals surface area contributed by atoms with Crippen molar-refractivity contribution in [3.8, 4) is 0 Å². The molecule has 0 spiro atoms. The van der Waals surface area contributed by atoms with Gasteiger partial charge in [-0.05, 0) is 38.0 Å². The molecule has 1 aromatic rings. The van der Waals surface area contributed by atoms with Gasteiger partial charge in [-0.25, -0.2) is 8.78 Å². The summed E-state index contributed by atoms with van der Waals surface area (Å²) in [6, 6.07) is 3.24. The normalized spacial score (nSPS) is 16.3. The summed E-state index contributed by atoms with van der Waals surface area (Å²) in [6.07, 6.45) is 1.57. The molecule has 0 aliphatic rings. The molecule has 2 unspecified atom stereocenters. The lowest BCUT2D eigenvalue weighted by molar-refractivity contribution is 0.0476. The van der Waals surface area contributed by atoms with E-state index in [0.29, 0.717) is 18.5 Å². The van der Waals surface area contributed by atoms with E-state index in [1.165, 1.54) is 12.1 Å². The van der Waals surface area contributed by atoms with Gasteiger partial charge < -0.3 is 10.4 Å². The lowest BCUT2D eigenvalue weighted by atomic mass is 9.99. The van der Waals surface area contributed by atoms with Crippen LogP contribution in [0.5, 0.6) is 0 Å². The van der Waals surface area contributed by atoms with Crippen molar-refractivity contribution in [3.05, 3.63) is 35.4 Å². The molecule has 0 radical (unpaired) electrons. The van der Waals surface area contributed by atoms with Gasteiger partial charge in [0, 0.05) is 18.7 Å². The van der Waals surface area contributed by atoms with Crippen molar-refractivity contribution in [1.82, 2.24) is 5.32 Å². The quantitative estimate of drug-likeness (QED) is 0.820. The maximum atomic E-state index is 13.1. The molecule has 0 amide bonds. The number of nitrogens with one attached hydrogen (secondary N) is 1. The van der Waals surface area contributed by atoms with Crippen molar-refractivity contribution in [2.75, 3.05) is 6.54 Å². The van der Waals surface area contributed by atoms with Gasteiger partial charge in [0.2, 0.25) is 0 Å². The predicted octanol–water partition coefficient (Wildman–Crippen LogP) is 3.17. The third kappa shape index (κ3) is 4.70. The van der Waals surface area contributed by atoms with E-state index in [9.17, 15) is 13.9 Å². The topological polar surface area (TPSA) is 32.3 Å². The highest BCUT2D eigenvalue weighted by molar-refractivity contribution is 5.20. The Hall–Kier alpha value is -1.00. The lowest BCUT2D eigenvalue weighted by Gasteiger charge is -2.25. The van der Waals surface area contributed by atoms with Crippen LogP contribution in [0.25, 0.3) is 0 Å². The Kier molecular flexibility index (Phi) is 5.23. The molecule has 0 heterocycles. The van der Waals surface area contributed by atoms with Crippen molar-refractivity contribution < 1.29 is 13.9 Å². The molecule has 0 saturated heterocycles. The maximum Gasteiger partial charge on any atom is 0.126 e. The van der Waals surface area contributed by atoms with Crippen LogP contribution in [0.2, 0.25) is 0 Å². The van der Waals surface area contributed by atoms with E-state index in [4.69, 9.17) is 0 Å². The van der Waals surface area contributed by atoms with Crippen LogP contribution in [0.3, 0.4) is 0 Å². The van der Waals surface area contributed by atoms with Gasteiger partial charge >= 0.3 is 0 Å². The molecule has 0 aromatic heterocycles. The Bertz CT molecular complexity index is 373. The van der Waals surface area contributed by atoms with E-state index in [2.05, 4.69) is 5.32 Å². The highest BCUT2D eigenvalue weighted by Gasteiger charge is 2.20. The van der Waals surface area contributed by atoms with Crippen LogP contribution in [0.4, 0.5) is 8.78 Å². The Balaban J connectivity index is 2.62. The van der Waals surface area contributed by atoms with Crippen LogP contribution in [-0.4, -0.2) is 17.3 Å². The molecule has 0 bridgehead atoms. The first-order chi connectivity index (χ1) is 8.34. The summed E-state index contributed by atoms with van der Waals surface area (Å²) in [5, 5.41) is 13.1. The molecule has 2 N–H and O–H groups in total. The molecule has 2 atom stereocenters. The number of rotatable bonds is 6. The molecule has 102 valence electrons. The number of benzene rings is 1. The molecule has 1 rings (SSSR count). The van der Waals surface area contributed by atoms with Crippen LogP contribution in [0, 0.1) is 11.6 Å². The zero-order valence-corrected chi connectivity index (χ0v) is 11.1. The summed E-state index contributed by atoms with van der Waals surface area (Å²) in [4.78, 5) is 0. The molecule has 4 heteroatoms. The van der Waals surface area contributed by atoms with E-state index in [1.54, 1.807) is 6.92 Å². The number of hydrogen-bond acceptors (Lipinski definition) is 2. The highest BCUT2D eigenvalue weighted by atomic mass is 19.1. The van der Waals surface area contributed by atoms with Gasteiger partial charge in [-0.1, -0.05) is 13.3 Å². The second kappa shape index (κ2) is 6.25. The van der Waals surface area contributed by atoms with Crippen LogP contribution >= 0.6 is 0 Å². The Morgan fingerprint density at radius 3 is 2.33 bits per heavy atom. The summed E-state index contributed by atoms with van der Waals surface area (Å²) in [5.41, 5.74) is -0.255. The molecule has 0 aliphatic carbocycles. The van der Waals surface area contributed by atoms with Gasteiger partial charge in [0.25, 0.3) is 0 Å². The second-order valence-electron chi connectivity index (χ2n) is 5.05. The average Bonchev–Trinajstić information content (AvgIpc) is 2.24. The van der Waals surface area contributed by atoms with Crippen molar-refractivity contribution >= 4 is 0 Å². The minimum absolute atomic E-state index is 0.210. The number of halogens is 2. The highest BCUT2D eigenvalue weighted by Crippen LogP contribution is 2.17. The second-order valence-corrected chi connectivity index (χ2v) is 5.05. The first-order valence-electron chi connectivity index (χ1n) is 6.26. The van der Waals surface area contributed by atoms with Crippen molar-refractivity contribution in [1.29, 1.82) is 0 Å². The molecular weight excluding hydrogens is 236 g/mol. The van der Waals surface area contributed by atoms with Crippen LogP contribution in [-0.2, 0) is 0 Å². The SMILES string of the molecule is CCCC(C)(O)CNC(C)c1cc(F)cc(F)c1. The molecular formula is C14H21F2NO. The van der Waals surface area contributed by atoms with Crippen LogP contribution in [0.15, 0.2) is 18.2 Å². The van der Waals surface area contributed by atoms with E-state index in [-0.39, 0.29) is 6.04 Å². The largest absolute Gasteiger partial charge is 0.389 e. The summed E-state index contributed by atoms with van der Waals surface area (Å²) in [5.74, 6) is -1.17. The van der Waals surface area contributed by atoms with Gasteiger partial charge in [0.15, 0.2) is 0 Å². The smallest absolute Gasteiger partial charge is 0.126 e. The van der Waals surface area contributed by atoms with E-state index >= 15 is 0 Å². The van der Waals surface area contributed by atoms with E-state index in [0.717, 1.165) is 12.5 Å². The lowest BCUT2D eigenvalue weighted by Crippen LogP contribution is -2.38. The summed E-state index contributed by atoms with van der Waals surface area (Å²) < 4.78 is 26.1. The first kappa shape index (κ1) is 15.1. The maximum absolute atomic E-state index is 13.1. The Labute approximate surface area is 107 Å². The van der Waals surface area contributed by atoms with Crippen molar-refractivity contribution in [2.24, 2.45) is 0 Å². The summed E-state index contributed by atoms with van der Waals surface area (Å²) in [7, 11) is 0. The predicted molar refractivity (Wildman–Crippen MR) is 68.3 cm³/mol. The fourth-order valence-corrected chi connectivity index (χ4v) is 1.94. The van der Waals surface area contributed by atoms with Gasteiger partial charge in [-0.2, -0.15) is 0 Å². The molecule has 0 saturated carbocycles. The fraction of sp³-hybridized carbons (Fsp3) is 0.571. The van der Waals surface area contributed by atoms with Gasteiger partial charge in [-0.15, -0.1) is 0 Å². The standard InChI is InChI=1S/C14H21F2NO/c1-4-5-14(3,18)9-17-10(2)11-6-12(15)8-13(16)7-11/h6-8,10,17-18H,4-5,9H2,1-3H3. The number of hydrogen-bond donors (Lipinski definition) is 2. The third-order valence-corrected chi connectivity index (χ3v) is 2.96. The van der Waals surface area contributed by atoms with Crippen LogP contribution < -0.4 is 5.32 Å². The summed E-state index contributed by atoms with van der Waals surface area (Å²) >= 11 is 0. The van der Waals surface area contributed by atoms with Gasteiger partial charge in [-0.3, -0.25) is 0 Å². The van der Waals surface area contributed by atoms with Crippen molar-refractivity contribution in [3.63, 3.8) is 0 Å². The molecule has 1 aromatic carbocycles. The fourth-order valence-electron chi connectivity index (χ4n) is 1.94. The molecule has 0 aliphatic heterocycles. The third-order valence-electron chi connectivity index (χ3n) is 2.96. The Morgan fingerprint density at radius 2 is 1.83 bits per heavy atom. The Morgan fingerprint density at radius 1 is 1.28 bits per heavy atom. The first-order valence-corrected chi connectivity index (χ1v) is 6.26. The molecule has 2 nitrogen and oxygen atoms in total. The van der Waals surface area contributed by atoms with E-state index < -0.39 is 17.2 Å². The van der Waals surface area contributed by atoms with Crippen molar-refractivity contribution in [2.45, 2.75) is 45.3 Å². The van der Waals surface area contributed by atoms with Gasteiger partial charge in [0.05, 0.1) is 5.60 Å². The minimum atomic E-state index is -0.797. The minimum Gasteiger partial charge on any atom is -0.389 e. The van der Waals surface area contributed by atoms with Crippen LogP contribution in [0.1, 0.15) is 45.2 Å². The zero-order valence-electron chi connectivity index (χ0n) is 11.1. The molecule has 0 fully saturated rings. The average molecular weight is 257 g/mol. The van der Waals surface area contributed by atoms with Gasteiger partial charge in [0.1, 0.15) is 11.6 Å². The zero-order chi connectivity index (χ0) is 13.8. The summed E-state index contributed by atoms with van der Waals surface area (Å²) in [6.45, 7) is 5.96. The monoisotopic (exact) mass is 257 g/mol. The number of aliphatic hydroxyl groups is 1.